The molecule has 3 rings (SSSR count). The van der Waals surface area contributed by atoms with Gasteiger partial charge in [0.25, 0.3) is 0 Å². The number of anilines is 2. The van der Waals surface area contributed by atoms with E-state index in [2.05, 4.69) is 10.3 Å². The number of hydrogen-bond donors (Lipinski definition) is 3. The average molecular weight is 278 g/mol. The van der Waals surface area contributed by atoms with Gasteiger partial charge in [-0.3, -0.25) is 0 Å². The number of pyridine rings is 1. The maximum Gasteiger partial charge on any atom is 0.130 e. The van der Waals surface area contributed by atoms with E-state index < -0.39 is 0 Å². The topological polar surface area (TPSA) is 65.4 Å². The van der Waals surface area contributed by atoms with Crippen LogP contribution in [0.2, 0.25) is 0 Å². The first kappa shape index (κ1) is 13.0. The minimum atomic E-state index is 0.198. The summed E-state index contributed by atoms with van der Waals surface area (Å²) in [6, 6.07) is 17.7. The van der Waals surface area contributed by atoms with Gasteiger partial charge >= 0.3 is 0 Å². The fourth-order valence-corrected chi connectivity index (χ4v) is 2.10. The highest BCUT2D eigenvalue weighted by atomic mass is 16.3. The number of rotatable bonds is 3. The van der Waals surface area contributed by atoms with Crippen molar-refractivity contribution in [1.82, 2.24) is 4.98 Å². The molecule has 0 amide bonds. The van der Waals surface area contributed by atoms with Gasteiger partial charge in [-0.2, -0.15) is 0 Å². The molecule has 0 aliphatic carbocycles. The van der Waals surface area contributed by atoms with Crippen LogP contribution in [0.5, 0.6) is 11.5 Å². The molecule has 4 nitrogen and oxygen atoms in total. The van der Waals surface area contributed by atoms with Crippen molar-refractivity contribution in [3.05, 3.63) is 66.9 Å². The van der Waals surface area contributed by atoms with Gasteiger partial charge in [0.2, 0.25) is 0 Å². The van der Waals surface area contributed by atoms with E-state index in [1.54, 1.807) is 42.6 Å². The maximum atomic E-state index is 9.55. The van der Waals surface area contributed by atoms with E-state index in [4.69, 9.17) is 0 Å². The van der Waals surface area contributed by atoms with Crippen molar-refractivity contribution in [3.8, 4) is 22.6 Å². The minimum absolute atomic E-state index is 0.198. The van der Waals surface area contributed by atoms with Crippen molar-refractivity contribution in [1.29, 1.82) is 0 Å². The molecule has 0 aliphatic rings. The van der Waals surface area contributed by atoms with Crippen LogP contribution in [0.15, 0.2) is 66.9 Å². The van der Waals surface area contributed by atoms with Crippen LogP contribution in [0.1, 0.15) is 0 Å². The van der Waals surface area contributed by atoms with E-state index in [0.29, 0.717) is 5.82 Å². The number of phenolic OH excluding ortho intramolecular Hbond substituents is 2. The second-order valence-electron chi connectivity index (χ2n) is 4.66. The molecule has 1 aromatic heterocycles. The lowest BCUT2D eigenvalue weighted by molar-refractivity contribution is 0.475. The van der Waals surface area contributed by atoms with Gasteiger partial charge in [-0.25, -0.2) is 4.98 Å². The number of aromatic hydroxyl groups is 2. The number of hydrogen-bond acceptors (Lipinski definition) is 4. The first-order valence-electron chi connectivity index (χ1n) is 6.52. The summed E-state index contributed by atoms with van der Waals surface area (Å²) in [7, 11) is 0. The third-order valence-electron chi connectivity index (χ3n) is 3.06. The summed E-state index contributed by atoms with van der Waals surface area (Å²) < 4.78 is 0. The highest BCUT2D eigenvalue weighted by molar-refractivity contribution is 5.69. The van der Waals surface area contributed by atoms with Gasteiger partial charge in [0.05, 0.1) is 0 Å². The molecule has 104 valence electrons. The van der Waals surface area contributed by atoms with Crippen LogP contribution >= 0.6 is 0 Å². The SMILES string of the molecule is Oc1cccc(Nc2cc(-c3cccc(O)c3)ccn2)c1. The first-order chi connectivity index (χ1) is 10.2. The molecule has 1 heterocycles. The van der Waals surface area contributed by atoms with Crippen LogP contribution < -0.4 is 5.32 Å². The molecule has 0 spiro atoms. The van der Waals surface area contributed by atoms with Gasteiger partial charge in [-0.05, 0) is 47.5 Å². The standard InChI is InChI=1S/C17H14N2O2/c20-15-5-1-3-12(9-15)13-7-8-18-17(10-13)19-14-4-2-6-16(21)11-14/h1-11,20-21H,(H,18,19). The van der Waals surface area contributed by atoms with Gasteiger partial charge in [0, 0.05) is 18.0 Å². The number of phenols is 2. The maximum absolute atomic E-state index is 9.55. The smallest absolute Gasteiger partial charge is 0.130 e. The Morgan fingerprint density at radius 2 is 1.48 bits per heavy atom. The van der Waals surface area contributed by atoms with Gasteiger partial charge in [0.15, 0.2) is 0 Å². The molecule has 0 atom stereocenters. The van der Waals surface area contributed by atoms with Gasteiger partial charge in [-0.1, -0.05) is 18.2 Å². The number of benzene rings is 2. The van der Waals surface area contributed by atoms with Crippen molar-refractivity contribution in [2.75, 3.05) is 5.32 Å². The Bertz CT molecular complexity index is 772. The molecule has 0 aliphatic heterocycles. The lowest BCUT2D eigenvalue weighted by Crippen LogP contribution is -1.93. The lowest BCUT2D eigenvalue weighted by atomic mass is 10.1. The van der Waals surface area contributed by atoms with Crippen molar-refractivity contribution < 1.29 is 10.2 Å². The van der Waals surface area contributed by atoms with E-state index >= 15 is 0 Å². The van der Waals surface area contributed by atoms with Crippen molar-refractivity contribution in [3.63, 3.8) is 0 Å². The predicted octanol–water partition coefficient (Wildman–Crippen LogP) is 3.90. The molecule has 0 bridgehead atoms. The second-order valence-corrected chi connectivity index (χ2v) is 4.66. The quantitative estimate of drug-likeness (QED) is 0.679. The van der Waals surface area contributed by atoms with Crippen LogP contribution in [-0.4, -0.2) is 15.2 Å². The normalized spacial score (nSPS) is 10.3. The Morgan fingerprint density at radius 1 is 0.762 bits per heavy atom. The van der Waals surface area contributed by atoms with Gasteiger partial charge in [-0.15, -0.1) is 0 Å². The summed E-state index contributed by atoms with van der Waals surface area (Å²) in [6.45, 7) is 0. The molecule has 4 heteroatoms. The summed E-state index contributed by atoms with van der Waals surface area (Å²) in [5.74, 6) is 1.09. The number of nitrogens with zero attached hydrogens (tertiary/aromatic N) is 1. The third kappa shape index (κ3) is 3.12. The molecule has 0 saturated carbocycles. The van der Waals surface area contributed by atoms with Crippen molar-refractivity contribution in [2.24, 2.45) is 0 Å². The molecule has 3 N–H and O–H groups in total. The molecule has 3 aromatic rings. The largest absolute Gasteiger partial charge is 0.508 e. The monoisotopic (exact) mass is 278 g/mol. The Morgan fingerprint density at radius 3 is 2.24 bits per heavy atom. The summed E-state index contributed by atoms with van der Waals surface area (Å²) >= 11 is 0. The summed E-state index contributed by atoms with van der Waals surface area (Å²) in [5.41, 5.74) is 2.62. The predicted molar refractivity (Wildman–Crippen MR) is 82.7 cm³/mol. The highest BCUT2D eigenvalue weighted by Crippen LogP contribution is 2.26. The fraction of sp³-hybridized carbons (Fsp3) is 0. The Hall–Kier alpha value is -3.01. The Kier molecular flexibility index (Phi) is 3.43. The van der Waals surface area contributed by atoms with Crippen molar-refractivity contribution in [2.45, 2.75) is 0 Å². The van der Waals surface area contributed by atoms with E-state index in [1.165, 1.54) is 0 Å². The van der Waals surface area contributed by atoms with Gasteiger partial charge in [0.1, 0.15) is 17.3 Å². The highest BCUT2D eigenvalue weighted by Gasteiger charge is 2.02. The molecule has 0 unspecified atom stereocenters. The number of nitrogens with one attached hydrogen (secondary N) is 1. The minimum Gasteiger partial charge on any atom is -0.508 e. The zero-order chi connectivity index (χ0) is 14.7. The van der Waals surface area contributed by atoms with E-state index in [0.717, 1.165) is 16.8 Å². The van der Waals surface area contributed by atoms with Crippen LogP contribution in [0.4, 0.5) is 11.5 Å². The number of aromatic nitrogens is 1. The Labute approximate surface area is 122 Å². The van der Waals surface area contributed by atoms with Crippen molar-refractivity contribution >= 4 is 11.5 Å². The molecular weight excluding hydrogens is 264 g/mol. The molecular formula is C17H14N2O2. The average Bonchev–Trinajstić information content (AvgIpc) is 2.47. The van der Waals surface area contributed by atoms with Crippen LogP contribution in [-0.2, 0) is 0 Å². The first-order valence-corrected chi connectivity index (χ1v) is 6.52. The summed E-state index contributed by atoms with van der Waals surface area (Å²) in [4.78, 5) is 4.26. The molecule has 21 heavy (non-hydrogen) atoms. The molecule has 0 radical (unpaired) electrons. The lowest BCUT2D eigenvalue weighted by Gasteiger charge is -2.08. The van der Waals surface area contributed by atoms with Crippen LogP contribution in [0, 0.1) is 0 Å². The fourth-order valence-electron chi connectivity index (χ4n) is 2.10. The van der Waals surface area contributed by atoms with E-state index in [9.17, 15) is 10.2 Å². The summed E-state index contributed by atoms with van der Waals surface area (Å²) in [6.07, 6.45) is 1.70. The second kappa shape index (κ2) is 5.54. The zero-order valence-corrected chi connectivity index (χ0v) is 11.2. The van der Waals surface area contributed by atoms with E-state index in [-0.39, 0.29) is 11.5 Å². The Balaban J connectivity index is 1.90. The zero-order valence-electron chi connectivity index (χ0n) is 11.2. The van der Waals surface area contributed by atoms with E-state index in [1.807, 2.05) is 24.3 Å². The summed E-state index contributed by atoms with van der Waals surface area (Å²) in [5, 5.41) is 22.2. The molecule has 2 aromatic carbocycles. The van der Waals surface area contributed by atoms with Crippen LogP contribution in [0.3, 0.4) is 0 Å². The van der Waals surface area contributed by atoms with Crippen LogP contribution in [0.25, 0.3) is 11.1 Å². The molecule has 0 fully saturated rings. The van der Waals surface area contributed by atoms with Gasteiger partial charge < -0.3 is 15.5 Å². The third-order valence-corrected chi connectivity index (χ3v) is 3.06. The molecule has 0 saturated heterocycles.